The molecule has 0 heterocycles. The molecule has 1 fully saturated rings. The minimum absolute atomic E-state index is 0.0713. The van der Waals surface area contributed by atoms with Gasteiger partial charge in [-0.2, -0.15) is 0 Å². The highest BCUT2D eigenvalue weighted by molar-refractivity contribution is 5.96. The molecular weight excluding hydrogens is 237 g/mol. The van der Waals surface area contributed by atoms with Gasteiger partial charge in [0.05, 0.1) is 11.2 Å². The van der Waals surface area contributed by atoms with E-state index < -0.39 is 11.7 Å². The topological polar surface area (TPSA) is 58.6 Å². The van der Waals surface area contributed by atoms with Gasteiger partial charge in [-0.3, -0.25) is 4.79 Å². The van der Waals surface area contributed by atoms with E-state index in [4.69, 9.17) is 4.74 Å². The third-order valence-corrected chi connectivity index (χ3v) is 3.47. The first-order chi connectivity index (χ1) is 8.56. The van der Waals surface area contributed by atoms with E-state index in [9.17, 15) is 14.3 Å². The Morgan fingerprint density at radius 3 is 2.78 bits per heavy atom. The fourth-order valence-corrected chi connectivity index (χ4v) is 2.06. The highest BCUT2D eigenvalue weighted by atomic mass is 19.1. The number of hydrogen-bond acceptors (Lipinski definition) is 3. The summed E-state index contributed by atoms with van der Waals surface area (Å²) >= 11 is 0. The number of amides is 1. The van der Waals surface area contributed by atoms with Crippen molar-refractivity contribution in [2.75, 3.05) is 13.7 Å². The van der Waals surface area contributed by atoms with E-state index in [1.807, 2.05) is 0 Å². The average Bonchev–Trinajstić information content (AvgIpc) is 2.27. The number of carbonyl (C=O) groups excluding carboxylic acids is 1. The van der Waals surface area contributed by atoms with Crippen molar-refractivity contribution >= 4 is 5.91 Å². The molecule has 1 amide bonds. The zero-order valence-electron chi connectivity index (χ0n) is 10.2. The van der Waals surface area contributed by atoms with Gasteiger partial charge in [0.15, 0.2) is 0 Å². The van der Waals surface area contributed by atoms with Gasteiger partial charge in [-0.15, -0.1) is 0 Å². The minimum atomic E-state index is -0.573. The summed E-state index contributed by atoms with van der Waals surface area (Å²) in [5.41, 5.74) is -0.201. The lowest BCUT2D eigenvalue weighted by molar-refractivity contribution is -0.0679. The molecule has 2 N–H and O–H groups in total. The quantitative estimate of drug-likeness (QED) is 0.860. The molecule has 0 spiro atoms. The molecule has 1 aliphatic carbocycles. The first-order valence-corrected chi connectivity index (χ1v) is 5.88. The number of nitrogens with one attached hydrogen (secondary N) is 1. The fraction of sp³-hybridized carbons (Fsp3) is 0.462. The molecule has 1 aromatic carbocycles. The van der Waals surface area contributed by atoms with E-state index in [0.717, 1.165) is 31.4 Å². The molecule has 1 aromatic rings. The van der Waals surface area contributed by atoms with Crippen LogP contribution in [0.1, 0.15) is 29.6 Å². The highest BCUT2D eigenvalue weighted by Gasteiger charge is 2.37. The maximum Gasteiger partial charge on any atom is 0.255 e. The van der Waals surface area contributed by atoms with Gasteiger partial charge >= 0.3 is 0 Å². The number of carbonyl (C=O) groups is 1. The minimum Gasteiger partial charge on any atom is -0.507 e. The maximum absolute atomic E-state index is 12.8. The second kappa shape index (κ2) is 4.94. The molecule has 0 radical (unpaired) electrons. The Labute approximate surface area is 105 Å². The SMILES string of the molecule is COC1(CNC(=O)c2ccc(F)cc2O)CCC1. The zero-order valence-corrected chi connectivity index (χ0v) is 10.2. The lowest BCUT2D eigenvalue weighted by Crippen LogP contribution is -2.49. The first-order valence-electron chi connectivity index (χ1n) is 5.88. The number of phenols is 1. The summed E-state index contributed by atoms with van der Waals surface area (Å²) in [5, 5.41) is 12.2. The Bertz CT molecular complexity index is 452. The molecule has 5 heteroatoms. The summed E-state index contributed by atoms with van der Waals surface area (Å²) in [6, 6.07) is 3.33. The van der Waals surface area contributed by atoms with E-state index in [1.165, 1.54) is 6.07 Å². The molecule has 1 saturated carbocycles. The van der Waals surface area contributed by atoms with E-state index in [-0.39, 0.29) is 16.9 Å². The molecule has 0 aromatic heterocycles. The van der Waals surface area contributed by atoms with Crippen LogP contribution in [0.5, 0.6) is 5.75 Å². The van der Waals surface area contributed by atoms with Crippen LogP contribution in [0.15, 0.2) is 18.2 Å². The summed E-state index contributed by atoms with van der Waals surface area (Å²) < 4.78 is 18.2. The average molecular weight is 253 g/mol. The van der Waals surface area contributed by atoms with Crippen LogP contribution in [0.4, 0.5) is 4.39 Å². The second-order valence-electron chi connectivity index (χ2n) is 4.58. The summed E-state index contributed by atoms with van der Waals surface area (Å²) in [5.74, 6) is -1.35. The van der Waals surface area contributed by atoms with Gasteiger partial charge < -0.3 is 15.2 Å². The standard InChI is InChI=1S/C13H16FNO3/c1-18-13(5-2-6-13)8-15-12(17)10-4-3-9(14)7-11(10)16/h3-4,7,16H,2,5-6,8H2,1H3,(H,15,17). The van der Waals surface area contributed by atoms with Gasteiger partial charge in [-0.25, -0.2) is 4.39 Å². The van der Waals surface area contributed by atoms with Crippen LogP contribution in [-0.2, 0) is 4.74 Å². The van der Waals surface area contributed by atoms with Crippen molar-refractivity contribution < 1.29 is 19.0 Å². The summed E-state index contributed by atoms with van der Waals surface area (Å²) in [6.45, 7) is 0.402. The molecule has 4 nitrogen and oxygen atoms in total. The molecular formula is C13H16FNO3. The molecule has 98 valence electrons. The van der Waals surface area contributed by atoms with Crippen LogP contribution in [0, 0.1) is 5.82 Å². The van der Waals surface area contributed by atoms with Crippen molar-refractivity contribution in [1.82, 2.24) is 5.32 Å². The van der Waals surface area contributed by atoms with Gasteiger partial charge in [0.2, 0.25) is 0 Å². The van der Waals surface area contributed by atoms with Crippen LogP contribution >= 0.6 is 0 Å². The molecule has 0 atom stereocenters. The van der Waals surface area contributed by atoms with Crippen molar-refractivity contribution in [1.29, 1.82) is 0 Å². The Hall–Kier alpha value is -1.62. The normalized spacial score (nSPS) is 17.0. The van der Waals surface area contributed by atoms with Gasteiger partial charge in [0.25, 0.3) is 5.91 Å². The summed E-state index contributed by atoms with van der Waals surface area (Å²) in [7, 11) is 1.63. The second-order valence-corrected chi connectivity index (χ2v) is 4.58. The number of hydrogen-bond donors (Lipinski definition) is 2. The Morgan fingerprint density at radius 2 is 2.28 bits per heavy atom. The molecule has 0 saturated heterocycles. The van der Waals surface area contributed by atoms with Crippen molar-refractivity contribution in [3.63, 3.8) is 0 Å². The Kier molecular flexibility index (Phi) is 3.52. The molecule has 0 bridgehead atoms. The number of rotatable bonds is 4. The van der Waals surface area contributed by atoms with E-state index in [1.54, 1.807) is 7.11 Å². The summed E-state index contributed by atoms with van der Waals surface area (Å²) in [6.07, 6.45) is 2.92. The van der Waals surface area contributed by atoms with Crippen LogP contribution < -0.4 is 5.32 Å². The lowest BCUT2D eigenvalue weighted by atomic mass is 9.80. The lowest BCUT2D eigenvalue weighted by Gasteiger charge is -2.40. The largest absolute Gasteiger partial charge is 0.507 e. The number of phenolic OH excluding ortho intramolecular Hbond substituents is 1. The van der Waals surface area contributed by atoms with Crippen molar-refractivity contribution in [2.45, 2.75) is 24.9 Å². The van der Waals surface area contributed by atoms with Gasteiger partial charge in [-0.1, -0.05) is 0 Å². The van der Waals surface area contributed by atoms with Crippen LogP contribution in [0.3, 0.4) is 0 Å². The smallest absolute Gasteiger partial charge is 0.255 e. The number of halogens is 1. The Morgan fingerprint density at radius 1 is 1.56 bits per heavy atom. The predicted molar refractivity (Wildman–Crippen MR) is 64.0 cm³/mol. The van der Waals surface area contributed by atoms with Crippen LogP contribution in [0.25, 0.3) is 0 Å². The van der Waals surface area contributed by atoms with Crippen LogP contribution in [-0.4, -0.2) is 30.3 Å². The third kappa shape index (κ3) is 2.46. The van der Waals surface area contributed by atoms with Crippen LogP contribution in [0.2, 0.25) is 0 Å². The van der Waals surface area contributed by atoms with E-state index in [0.29, 0.717) is 6.54 Å². The molecule has 0 aliphatic heterocycles. The molecule has 2 rings (SSSR count). The number of aromatic hydroxyl groups is 1. The monoisotopic (exact) mass is 253 g/mol. The van der Waals surface area contributed by atoms with E-state index in [2.05, 4.69) is 5.32 Å². The fourth-order valence-electron chi connectivity index (χ4n) is 2.06. The predicted octanol–water partition coefficient (Wildman–Crippen LogP) is 1.83. The number of benzene rings is 1. The van der Waals surface area contributed by atoms with Crippen molar-refractivity contribution in [3.05, 3.63) is 29.6 Å². The molecule has 1 aliphatic rings. The van der Waals surface area contributed by atoms with Gasteiger partial charge in [0, 0.05) is 19.7 Å². The maximum atomic E-state index is 12.8. The summed E-state index contributed by atoms with van der Waals surface area (Å²) in [4.78, 5) is 11.8. The zero-order chi connectivity index (χ0) is 13.2. The highest BCUT2D eigenvalue weighted by Crippen LogP contribution is 2.34. The molecule has 0 unspecified atom stereocenters. The van der Waals surface area contributed by atoms with Gasteiger partial charge in [0.1, 0.15) is 11.6 Å². The first kappa shape index (κ1) is 12.8. The number of ether oxygens (including phenoxy) is 1. The number of methoxy groups -OCH3 is 1. The third-order valence-electron chi connectivity index (χ3n) is 3.47. The van der Waals surface area contributed by atoms with Crippen molar-refractivity contribution in [3.8, 4) is 5.75 Å². The van der Waals surface area contributed by atoms with Gasteiger partial charge in [-0.05, 0) is 31.4 Å². The molecule has 18 heavy (non-hydrogen) atoms. The Balaban J connectivity index is 1.99. The van der Waals surface area contributed by atoms with Crippen molar-refractivity contribution in [2.24, 2.45) is 0 Å². The van der Waals surface area contributed by atoms with E-state index >= 15 is 0 Å².